The van der Waals surface area contributed by atoms with Gasteiger partial charge in [0.2, 0.25) is 0 Å². The maximum absolute atomic E-state index is 12.8. The van der Waals surface area contributed by atoms with Gasteiger partial charge in [-0.3, -0.25) is 14.4 Å². The summed E-state index contributed by atoms with van der Waals surface area (Å²) < 4.78 is 16.8. The van der Waals surface area contributed by atoms with E-state index in [2.05, 4.69) is 27.7 Å². The van der Waals surface area contributed by atoms with Gasteiger partial charge >= 0.3 is 17.9 Å². The Bertz CT molecular complexity index is 887. The molecule has 0 spiro atoms. The van der Waals surface area contributed by atoms with E-state index in [1.165, 1.54) is 193 Å². The summed E-state index contributed by atoms with van der Waals surface area (Å²) in [7, 11) is 0. The highest BCUT2D eigenvalue weighted by Crippen LogP contribution is 2.17. The highest BCUT2D eigenvalue weighted by Gasteiger charge is 2.19. The maximum atomic E-state index is 12.8. The highest BCUT2D eigenvalue weighted by molar-refractivity contribution is 5.71. The van der Waals surface area contributed by atoms with Crippen molar-refractivity contribution in [3.05, 3.63) is 0 Å². The van der Waals surface area contributed by atoms with Gasteiger partial charge in [-0.05, 0) is 25.2 Å². The van der Waals surface area contributed by atoms with Crippen LogP contribution in [0.4, 0.5) is 0 Å². The van der Waals surface area contributed by atoms with Crippen molar-refractivity contribution in [3.8, 4) is 0 Å². The number of hydrogen-bond acceptors (Lipinski definition) is 6. The van der Waals surface area contributed by atoms with Crippen LogP contribution in [-0.2, 0) is 28.6 Å². The summed E-state index contributed by atoms with van der Waals surface area (Å²) in [4.78, 5) is 38.0. The molecule has 0 fully saturated rings. The Hall–Kier alpha value is -1.59. The Labute approximate surface area is 368 Å². The van der Waals surface area contributed by atoms with Crippen molar-refractivity contribution in [2.24, 2.45) is 5.92 Å². The van der Waals surface area contributed by atoms with Crippen LogP contribution in [0.25, 0.3) is 0 Å². The lowest BCUT2D eigenvalue weighted by Gasteiger charge is -2.18. The molecule has 0 N–H and O–H groups in total. The topological polar surface area (TPSA) is 78.9 Å². The smallest absolute Gasteiger partial charge is 0.306 e. The number of carbonyl (C=O) groups excluding carboxylic acids is 3. The van der Waals surface area contributed by atoms with Gasteiger partial charge < -0.3 is 14.2 Å². The van der Waals surface area contributed by atoms with Crippen LogP contribution < -0.4 is 0 Å². The number of hydrogen-bond donors (Lipinski definition) is 0. The molecule has 0 aliphatic heterocycles. The van der Waals surface area contributed by atoms with Crippen LogP contribution >= 0.6 is 0 Å². The van der Waals surface area contributed by atoms with Gasteiger partial charge in [0, 0.05) is 19.3 Å². The summed E-state index contributed by atoms with van der Waals surface area (Å²) in [6.07, 6.45) is 49.4. The van der Waals surface area contributed by atoms with Crippen molar-refractivity contribution in [3.63, 3.8) is 0 Å². The molecule has 0 bridgehead atoms. The average molecular weight is 835 g/mol. The molecular formula is C53H102O6. The summed E-state index contributed by atoms with van der Waals surface area (Å²) in [6.45, 7) is 9.03. The van der Waals surface area contributed by atoms with Crippen LogP contribution in [-0.4, -0.2) is 37.2 Å². The van der Waals surface area contributed by atoms with Crippen LogP contribution in [0, 0.1) is 5.92 Å². The fraction of sp³-hybridized carbons (Fsp3) is 0.943. The first-order chi connectivity index (χ1) is 28.9. The zero-order chi connectivity index (χ0) is 43.1. The Kier molecular flexibility index (Phi) is 46.2. The lowest BCUT2D eigenvalue weighted by molar-refractivity contribution is -0.167. The molecular weight excluding hydrogens is 733 g/mol. The molecule has 0 aliphatic rings. The van der Waals surface area contributed by atoms with Crippen molar-refractivity contribution >= 4 is 17.9 Å². The first-order valence-corrected chi connectivity index (χ1v) is 26.4. The molecule has 0 rings (SSSR count). The van der Waals surface area contributed by atoms with Gasteiger partial charge in [-0.1, -0.05) is 259 Å². The molecule has 0 radical (unpaired) electrons. The summed E-state index contributed by atoms with van der Waals surface area (Å²) in [5.74, 6) is -0.0175. The van der Waals surface area contributed by atoms with Gasteiger partial charge in [0.1, 0.15) is 13.2 Å². The minimum Gasteiger partial charge on any atom is -0.462 e. The van der Waals surface area contributed by atoms with E-state index in [1.54, 1.807) is 0 Å². The lowest BCUT2D eigenvalue weighted by Crippen LogP contribution is -2.30. The first-order valence-electron chi connectivity index (χ1n) is 26.4. The van der Waals surface area contributed by atoms with E-state index in [0.717, 1.165) is 63.7 Å². The fourth-order valence-electron chi connectivity index (χ4n) is 8.04. The Balaban J connectivity index is 4.31. The van der Waals surface area contributed by atoms with Crippen molar-refractivity contribution in [2.45, 2.75) is 303 Å². The molecule has 0 aliphatic carbocycles. The predicted molar refractivity (Wildman–Crippen MR) is 252 cm³/mol. The number of unbranched alkanes of at least 4 members (excludes halogenated alkanes) is 35. The molecule has 1 atom stereocenters. The van der Waals surface area contributed by atoms with Gasteiger partial charge in [0.25, 0.3) is 0 Å². The molecule has 0 unspecified atom stereocenters. The van der Waals surface area contributed by atoms with Gasteiger partial charge in [0.05, 0.1) is 0 Å². The molecule has 0 aromatic rings. The Morgan fingerprint density at radius 2 is 0.559 bits per heavy atom. The summed E-state index contributed by atoms with van der Waals surface area (Å²) in [6, 6.07) is 0. The van der Waals surface area contributed by atoms with Crippen molar-refractivity contribution in [1.29, 1.82) is 0 Å². The molecule has 350 valence electrons. The van der Waals surface area contributed by atoms with Crippen LogP contribution in [0.2, 0.25) is 0 Å². The Morgan fingerprint density at radius 1 is 0.322 bits per heavy atom. The third kappa shape index (κ3) is 47.3. The molecule has 0 heterocycles. The normalized spacial score (nSPS) is 11.9. The fourth-order valence-corrected chi connectivity index (χ4v) is 8.04. The van der Waals surface area contributed by atoms with Gasteiger partial charge in [-0.15, -0.1) is 0 Å². The van der Waals surface area contributed by atoms with Crippen LogP contribution in [0.1, 0.15) is 297 Å². The zero-order valence-corrected chi connectivity index (χ0v) is 40.2. The summed E-state index contributed by atoms with van der Waals surface area (Å²) >= 11 is 0. The van der Waals surface area contributed by atoms with Crippen molar-refractivity contribution in [1.82, 2.24) is 0 Å². The lowest BCUT2D eigenvalue weighted by atomic mass is 10.0. The minimum atomic E-state index is -0.760. The van der Waals surface area contributed by atoms with Crippen molar-refractivity contribution in [2.75, 3.05) is 13.2 Å². The van der Waals surface area contributed by atoms with Crippen molar-refractivity contribution < 1.29 is 28.6 Å². The molecule has 6 nitrogen and oxygen atoms in total. The highest BCUT2D eigenvalue weighted by atomic mass is 16.6. The van der Waals surface area contributed by atoms with Crippen LogP contribution in [0.15, 0.2) is 0 Å². The van der Waals surface area contributed by atoms with Gasteiger partial charge in [-0.2, -0.15) is 0 Å². The van der Waals surface area contributed by atoms with E-state index in [0.29, 0.717) is 19.3 Å². The molecule has 0 aromatic heterocycles. The van der Waals surface area contributed by atoms with Crippen LogP contribution in [0.5, 0.6) is 0 Å². The van der Waals surface area contributed by atoms with E-state index in [4.69, 9.17) is 14.2 Å². The number of rotatable bonds is 48. The second-order valence-corrected chi connectivity index (χ2v) is 18.6. The molecule has 59 heavy (non-hydrogen) atoms. The molecule has 0 saturated heterocycles. The predicted octanol–water partition coefficient (Wildman–Crippen LogP) is 17.1. The SMILES string of the molecule is CCCCCCCCCCCCCCCCC(=O)OC[C@@H](COC(=O)CCCCCCCCCCCCCCC)OC(=O)CCCCCCCCCCCCCC(C)C. The van der Waals surface area contributed by atoms with E-state index in [1.807, 2.05) is 0 Å². The number of esters is 3. The summed E-state index contributed by atoms with van der Waals surface area (Å²) in [5.41, 5.74) is 0. The average Bonchev–Trinajstić information content (AvgIpc) is 3.22. The molecule has 6 heteroatoms. The standard InChI is InChI=1S/C53H102O6/c1-5-7-9-11-13-15-17-19-21-25-29-33-37-41-45-52(55)58-48-50(47-57-51(54)44-40-36-32-28-24-20-18-16-14-12-10-8-6-2)59-53(56)46-42-38-34-30-26-22-23-27-31-35-39-43-49(3)4/h49-50H,5-48H2,1-4H3/t50-/m1/s1. The quantitative estimate of drug-likeness (QED) is 0.0345. The van der Waals surface area contributed by atoms with E-state index in [-0.39, 0.29) is 31.1 Å². The Morgan fingerprint density at radius 3 is 0.831 bits per heavy atom. The molecule has 0 aromatic carbocycles. The third-order valence-electron chi connectivity index (χ3n) is 12.0. The molecule has 0 amide bonds. The second kappa shape index (κ2) is 47.5. The number of ether oxygens (including phenoxy) is 3. The second-order valence-electron chi connectivity index (χ2n) is 18.6. The van der Waals surface area contributed by atoms with E-state index in [9.17, 15) is 14.4 Å². The van der Waals surface area contributed by atoms with Crippen LogP contribution in [0.3, 0.4) is 0 Å². The van der Waals surface area contributed by atoms with E-state index >= 15 is 0 Å². The maximum Gasteiger partial charge on any atom is 0.306 e. The van der Waals surface area contributed by atoms with Gasteiger partial charge in [0.15, 0.2) is 6.10 Å². The number of carbonyl (C=O) groups is 3. The third-order valence-corrected chi connectivity index (χ3v) is 12.0. The summed E-state index contributed by atoms with van der Waals surface area (Å²) in [5, 5.41) is 0. The monoisotopic (exact) mass is 835 g/mol. The largest absolute Gasteiger partial charge is 0.462 e. The van der Waals surface area contributed by atoms with Gasteiger partial charge in [-0.25, -0.2) is 0 Å². The zero-order valence-electron chi connectivity index (χ0n) is 40.2. The molecule has 0 saturated carbocycles. The first kappa shape index (κ1) is 57.4. The van der Waals surface area contributed by atoms with E-state index < -0.39 is 6.10 Å². The minimum absolute atomic E-state index is 0.0626.